The second-order valence-corrected chi connectivity index (χ2v) is 8.01. The summed E-state index contributed by atoms with van der Waals surface area (Å²) >= 11 is 0. The lowest BCUT2D eigenvalue weighted by molar-refractivity contribution is -0.141. The minimum atomic E-state index is -0.290. The predicted octanol–water partition coefficient (Wildman–Crippen LogP) is 5.06. The van der Waals surface area contributed by atoms with Crippen molar-refractivity contribution in [3.8, 4) is 0 Å². The summed E-state index contributed by atoms with van der Waals surface area (Å²) in [5.41, 5.74) is 2.12. The van der Waals surface area contributed by atoms with Crippen molar-refractivity contribution >= 4 is 11.8 Å². The van der Waals surface area contributed by atoms with E-state index in [0.717, 1.165) is 17.5 Å². The molecule has 0 aliphatic heterocycles. The molecule has 0 saturated carbocycles. The molecule has 1 unspecified atom stereocenters. The van der Waals surface area contributed by atoms with Crippen LogP contribution >= 0.6 is 0 Å². The van der Waals surface area contributed by atoms with Crippen LogP contribution in [-0.2, 0) is 22.6 Å². The van der Waals surface area contributed by atoms with Gasteiger partial charge in [0.25, 0.3) is 0 Å². The van der Waals surface area contributed by atoms with Crippen LogP contribution in [0.2, 0.25) is 0 Å². The van der Waals surface area contributed by atoms with Gasteiger partial charge in [0.2, 0.25) is 11.8 Å². The molecule has 0 radical (unpaired) electrons. The van der Waals surface area contributed by atoms with Gasteiger partial charge in [-0.05, 0) is 36.1 Å². The molecule has 0 saturated heterocycles. The molecule has 5 nitrogen and oxygen atoms in total. The molecule has 0 spiro atoms. The summed E-state index contributed by atoms with van der Waals surface area (Å²) < 4.78 is 5.49. The van der Waals surface area contributed by atoms with Gasteiger partial charge in [0, 0.05) is 13.1 Å². The summed E-state index contributed by atoms with van der Waals surface area (Å²) in [5.74, 6) is 0.258. The maximum absolute atomic E-state index is 13.4. The highest BCUT2D eigenvalue weighted by Crippen LogP contribution is 2.22. The fraction of sp³-hybridized carbons (Fsp3) is 0.286. The monoisotopic (exact) mass is 444 g/mol. The van der Waals surface area contributed by atoms with Gasteiger partial charge in [-0.3, -0.25) is 9.59 Å². The normalized spacial score (nSPS) is 11.5. The second kappa shape index (κ2) is 12.4. The molecule has 0 aliphatic carbocycles. The number of benzene rings is 2. The van der Waals surface area contributed by atoms with Crippen LogP contribution in [-0.4, -0.2) is 41.2 Å². The van der Waals surface area contributed by atoms with E-state index in [9.17, 15) is 9.59 Å². The molecule has 5 heteroatoms. The third kappa shape index (κ3) is 6.94. The molecule has 3 rings (SSSR count). The zero-order valence-electron chi connectivity index (χ0n) is 19.2. The van der Waals surface area contributed by atoms with E-state index in [4.69, 9.17) is 4.42 Å². The van der Waals surface area contributed by atoms with Crippen molar-refractivity contribution in [3.63, 3.8) is 0 Å². The summed E-state index contributed by atoms with van der Waals surface area (Å²) in [6.45, 7) is 7.02. The Balaban J connectivity index is 1.74. The van der Waals surface area contributed by atoms with Crippen LogP contribution in [0.3, 0.4) is 0 Å². The van der Waals surface area contributed by atoms with Gasteiger partial charge in [-0.25, -0.2) is 0 Å². The van der Waals surface area contributed by atoms with Crippen LogP contribution in [0.5, 0.6) is 0 Å². The van der Waals surface area contributed by atoms with Crippen molar-refractivity contribution in [2.75, 3.05) is 19.6 Å². The standard InChI is InChI=1S/C28H32N2O3/c1-3-18-30(28(32)26(4-2)24-14-9-6-10-15-24)22-27(31)29(21-25-16-11-20-33-25)19-17-23-12-7-5-8-13-23/h3,5-16,20,26H,1,4,17-19,21-22H2,2H3. The van der Waals surface area contributed by atoms with Gasteiger partial charge in [0.1, 0.15) is 12.3 Å². The number of hydrogen-bond donors (Lipinski definition) is 0. The zero-order valence-corrected chi connectivity index (χ0v) is 19.2. The Morgan fingerprint density at radius 3 is 2.27 bits per heavy atom. The van der Waals surface area contributed by atoms with Crippen LogP contribution in [0.15, 0.2) is 96.1 Å². The number of rotatable bonds is 12. The Bertz CT molecular complexity index is 1000. The highest BCUT2D eigenvalue weighted by Gasteiger charge is 2.27. The summed E-state index contributed by atoms with van der Waals surface area (Å²) in [7, 11) is 0. The Morgan fingerprint density at radius 2 is 1.67 bits per heavy atom. The highest BCUT2D eigenvalue weighted by molar-refractivity contribution is 5.88. The Hall–Kier alpha value is -3.60. The predicted molar refractivity (Wildman–Crippen MR) is 131 cm³/mol. The van der Waals surface area contributed by atoms with Gasteiger partial charge in [-0.15, -0.1) is 6.58 Å². The molecule has 1 heterocycles. The van der Waals surface area contributed by atoms with Gasteiger partial charge in [-0.2, -0.15) is 0 Å². The largest absolute Gasteiger partial charge is 0.467 e. The van der Waals surface area contributed by atoms with Crippen LogP contribution in [0.1, 0.15) is 36.1 Å². The van der Waals surface area contributed by atoms with E-state index in [2.05, 4.69) is 18.7 Å². The lowest BCUT2D eigenvalue weighted by atomic mass is 9.95. The van der Waals surface area contributed by atoms with Gasteiger partial charge in [0.15, 0.2) is 0 Å². The third-order valence-electron chi connectivity index (χ3n) is 5.69. The maximum atomic E-state index is 13.4. The van der Waals surface area contributed by atoms with E-state index in [1.165, 1.54) is 0 Å². The number of hydrogen-bond acceptors (Lipinski definition) is 3. The number of furan rings is 1. The van der Waals surface area contributed by atoms with E-state index < -0.39 is 0 Å². The van der Waals surface area contributed by atoms with E-state index in [1.54, 1.807) is 22.1 Å². The summed E-state index contributed by atoms with van der Waals surface area (Å²) in [4.78, 5) is 30.2. The zero-order chi connectivity index (χ0) is 23.5. The quantitative estimate of drug-likeness (QED) is 0.367. The molecular weight excluding hydrogens is 412 g/mol. The molecule has 33 heavy (non-hydrogen) atoms. The summed E-state index contributed by atoms with van der Waals surface area (Å²) in [6, 6.07) is 23.5. The van der Waals surface area contributed by atoms with Gasteiger partial charge >= 0.3 is 0 Å². The van der Waals surface area contributed by atoms with E-state index >= 15 is 0 Å². The fourth-order valence-corrected chi connectivity index (χ4v) is 3.90. The highest BCUT2D eigenvalue weighted by atomic mass is 16.3. The minimum Gasteiger partial charge on any atom is -0.467 e. The Morgan fingerprint density at radius 1 is 0.970 bits per heavy atom. The average molecular weight is 445 g/mol. The summed E-state index contributed by atoms with van der Waals surface area (Å²) in [6.07, 6.45) is 4.66. The number of amides is 2. The van der Waals surface area contributed by atoms with Crippen molar-refractivity contribution in [1.82, 2.24) is 9.80 Å². The van der Waals surface area contributed by atoms with Crippen molar-refractivity contribution in [1.29, 1.82) is 0 Å². The first-order chi connectivity index (χ1) is 16.1. The first-order valence-corrected chi connectivity index (χ1v) is 11.4. The Kier molecular flexibility index (Phi) is 9.07. The summed E-state index contributed by atoms with van der Waals surface area (Å²) in [5, 5.41) is 0. The van der Waals surface area contributed by atoms with Crippen LogP contribution in [0, 0.1) is 0 Å². The number of carbonyl (C=O) groups is 2. The molecule has 0 N–H and O–H groups in total. The SMILES string of the molecule is C=CCN(CC(=O)N(CCc1ccccc1)Cc1ccco1)C(=O)C(CC)c1ccccc1. The molecular formula is C28H32N2O3. The molecule has 0 bridgehead atoms. The van der Waals surface area contributed by atoms with E-state index in [0.29, 0.717) is 31.8 Å². The number of nitrogens with zero attached hydrogens (tertiary/aromatic N) is 2. The van der Waals surface area contributed by atoms with Crippen molar-refractivity contribution in [2.24, 2.45) is 0 Å². The molecule has 0 fully saturated rings. The van der Waals surface area contributed by atoms with Crippen molar-refractivity contribution in [3.05, 3.63) is 109 Å². The third-order valence-corrected chi connectivity index (χ3v) is 5.69. The second-order valence-electron chi connectivity index (χ2n) is 8.01. The van der Waals surface area contributed by atoms with Crippen LogP contribution in [0.4, 0.5) is 0 Å². The van der Waals surface area contributed by atoms with Crippen molar-refractivity contribution < 1.29 is 14.0 Å². The Labute approximate surface area is 196 Å². The lowest BCUT2D eigenvalue weighted by Gasteiger charge is -2.29. The molecule has 172 valence electrons. The molecule has 1 aromatic heterocycles. The van der Waals surface area contributed by atoms with Crippen molar-refractivity contribution in [2.45, 2.75) is 32.2 Å². The molecule has 0 aliphatic rings. The first-order valence-electron chi connectivity index (χ1n) is 11.4. The number of carbonyl (C=O) groups excluding carboxylic acids is 2. The first kappa shape index (κ1) is 24.1. The van der Waals surface area contributed by atoms with Gasteiger partial charge in [-0.1, -0.05) is 73.7 Å². The maximum Gasteiger partial charge on any atom is 0.242 e. The lowest BCUT2D eigenvalue weighted by Crippen LogP contribution is -2.44. The average Bonchev–Trinajstić information content (AvgIpc) is 3.36. The van der Waals surface area contributed by atoms with Gasteiger partial charge in [0.05, 0.1) is 18.7 Å². The minimum absolute atomic E-state index is 0.00366. The van der Waals surface area contributed by atoms with E-state index in [1.807, 2.05) is 67.6 Å². The fourth-order valence-electron chi connectivity index (χ4n) is 3.90. The molecule has 1 atom stereocenters. The van der Waals surface area contributed by atoms with Crippen LogP contribution < -0.4 is 0 Å². The molecule has 3 aromatic rings. The van der Waals surface area contributed by atoms with Gasteiger partial charge < -0.3 is 14.2 Å². The molecule has 2 aromatic carbocycles. The molecule has 2 amide bonds. The van der Waals surface area contributed by atoms with E-state index in [-0.39, 0.29) is 24.3 Å². The smallest absolute Gasteiger partial charge is 0.242 e. The topological polar surface area (TPSA) is 53.8 Å². The van der Waals surface area contributed by atoms with Crippen LogP contribution in [0.25, 0.3) is 0 Å².